The number of hydrogen-bond donors (Lipinski definition) is 2. The van der Waals surface area contributed by atoms with Gasteiger partial charge in [-0.3, -0.25) is 9.52 Å². The number of para-hydroxylation sites is 1. The number of methoxy groups -OCH3 is 1. The molecule has 8 heteroatoms. The smallest absolute Gasteiger partial charge is 0.261 e. The van der Waals surface area contributed by atoms with Crippen LogP contribution in [0.5, 0.6) is 5.75 Å². The van der Waals surface area contributed by atoms with Crippen LogP contribution in [0.1, 0.15) is 15.9 Å². The van der Waals surface area contributed by atoms with Gasteiger partial charge in [0.2, 0.25) is 0 Å². The zero-order chi connectivity index (χ0) is 22.4. The highest BCUT2D eigenvalue weighted by Gasteiger charge is 2.16. The van der Waals surface area contributed by atoms with Gasteiger partial charge in [-0.2, -0.15) is 0 Å². The van der Waals surface area contributed by atoms with Crippen LogP contribution in [0.15, 0.2) is 84.3 Å². The molecule has 0 saturated heterocycles. The van der Waals surface area contributed by atoms with Crippen molar-refractivity contribution in [2.24, 2.45) is 0 Å². The van der Waals surface area contributed by atoms with Crippen molar-refractivity contribution in [1.29, 1.82) is 0 Å². The van der Waals surface area contributed by atoms with Gasteiger partial charge in [-0.15, -0.1) is 6.58 Å². The maximum Gasteiger partial charge on any atom is 0.261 e. The highest BCUT2D eigenvalue weighted by molar-refractivity contribution is 7.92. The molecule has 1 amide bonds. The summed E-state index contributed by atoms with van der Waals surface area (Å²) in [4.78, 5) is 12.5. The van der Waals surface area contributed by atoms with Crippen molar-refractivity contribution in [2.75, 3.05) is 17.1 Å². The molecule has 3 rings (SSSR count). The van der Waals surface area contributed by atoms with E-state index in [0.717, 1.165) is 11.6 Å². The monoisotopic (exact) mass is 440 g/mol. The minimum atomic E-state index is -3.98. The van der Waals surface area contributed by atoms with Gasteiger partial charge in [0.1, 0.15) is 11.6 Å². The van der Waals surface area contributed by atoms with Crippen molar-refractivity contribution in [3.63, 3.8) is 0 Å². The molecule has 0 aliphatic carbocycles. The van der Waals surface area contributed by atoms with Crippen molar-refractivity contribution < 1.29 is 22.3 Å². The van der Waals surface area contributed by atoms with Crippen LogP contribution in [0, 0.1) is 5.82 Å². The Morgan fingerprint density at radius 2 is 1.81 bits per heavy atom. The fourth-order valence-electron chi connectivity index (χ4n) is 2.90. The van der Waals surface area contributed by atoms with E-state index in [0.29, 0.717) is 23.4 Å². The average molecular weight is 440 g/mol. The number of carbonyl (C=O) groups is 1. The molecule has 0 atom stereocenters. The molecule has 0 spiro atoms. The number of anilines is 2. The van der Waals surface area contributed by atoms with Crippen LogP contribution in [-0.2, 0) is 16.4 Å². The molecule has 3 aromatic carbocycles. The summed E-state index contributed by atoms with van der Waals surface area (Å²) in [5.74, 6) is -0.369. The minimum absolute atomic E-state index is 0.0635. The summed E-state index contributed by atoms with van der Waals surface area (Å²) in [6.45, 7) is 3.70. The lowest BCUT2D eigenvalue weighted by atomic mass is 10.1. The van der Waals surface area contributed by atoms with Gasteiger partial charge in [0.15, 0.2) is 0 Å². The lowest BCUT2D eigenvalue weighted by Gasteiger charge is -2.11. The van der Waals surface area contributed by atoms with Crippen LogP contribution in [0.25, 0.3) is 0 Å². The molecule has 0 bridgehead atoms. The fraction of sp³-hybridized carbons (Fsp3) is 0.0870. The molecular formula is C23H21FN2O4S. The molecule has 0 radical (unpaired) electrons. The zero-order valence-corrected chi connectivity index (χ0v) is 17.6. The summed E-state index contributed by atoms with van der Waals surface area (Å²) < 4.78 is 46.2. The van der Waals surface area contributed by atoms with Gasteiger partial charge in [0.05, 0.1) is 17.7 Å². The number of sulfonamides is 1. The quantitative estimate of drug-likeness (QED) is 0.501. The maximum atomic E-state index is 13.7. The predicted molar refractivity (Wildman–Crippen MR) is 118 cm³/mol. The highest BCUT2D eigenvalue weighted by Crippen LogP contribution is 2.23. The average Bonchev–Trinajstić information content (AvgIpc) is 2.76. The van der Waals surface area contributed by atoms with Crippen LogP contribution >= 0.6 is 0 Å². The van der Waals surface area contributed by atoms with E-state index in [1.807, 2.05) is 0 Å². The molecule has 0 saturated carbocycles. The molecule has 2 N–H and O–H groups in total. The molecule has 0 heterocycles. The molecule has 3 aromatic rings. The van der Waals surface area contributed by atoms with Gasteiger partial charge < -0.3 is 10.1 Å². The second kappa shape index (κ2) is 9.44. The largest absolute Gasteiger partial charge is 0.496 e. The summed E-state index contributed by atoms with van der Waals surface area (Å²) in [5, 5.41) is 2.72. The Balaban J connectivity index is 1.74. The van der Waals surface area contributed by atoms with Crippen LogP contribution in [0.3, 0.4) is 0 Å². The summed E-state index contributed by atoms with van der Waals surface area (Å²) in [6.07, 6.45) is 2.26. The van der Waals surface area contributed by atoms with E-state index in [-0.39, 0.29) is 16.5 Å². The SMILES string of the molecule is C=CCc1cc(C(=O)Nc2ccc(S(=O)(=O)Nc3ccccc3F)cc2)ccc1OC. The first-order chi connectivity index (χ1) is 14.8. The Morgan fingerprint density at radius 3 is 2.45 bits per heavy atom. The first kappa shape index (κ1) is 22.0. The van der Waals surface area contributed by atoms with Crippen LogP contribution in [0.2, 0.25) is 0 Å². The summed E-state index contributed by atoms with van der Waals surface area (Å²) in [5.41, 5.74) is 1.52. The molecular weight excluding hydrogens is 419 g/mol. The van der Waals surface area contributed by atoms with E-state index >= 15 is 0 Å². The number of nitrogens with one attached hydrogen (secondary N) is 2. The molecule has 0 aliphatic rings. The molecule has 0 fully saturated rings. The van der Waals surface area contributed by atoms with Gasteiger partial charge in [-0.1, -0.05) is 18.2 Å². The number of amides is 1. The molecule has 6 nitrogen and oxygen atoms in total. The Bertz CT molecular complexity index is 1210. The Kier molecular flexibility index (Phi) is 6.71. The molecule has 160 valence electrons. The number of halogens is 1. The first-order valence-corrected chi connectivity index (χ1v) is 10.8. The predicted octanol–water partition coefficient (Wildman–Crippen LogP) is 4.62. The number of carbonyl (C=O) groups excluding carboxylic acids is 1. The second-order valence-corrected chi connectivity index (χ2v) is 8.27. The maximum absolute atomic E-state index is 13.7. The molecule has 31 heavy (non-hydrogen) atoms. The molecule has 0 aliphatic heterocycles. The number of benzene rings is 3. The van der Waals surface area contributed by atoms with Crippen LogP contribution < -0.4 is 14.8 Å². The van der Waals surface area contributed by atoms with Crippen molar-refractivity contribution >= 4 is 27.3 Å². The van der Waals surface area contributed by atoms with E-state index in [9.17, 15) is 17.6 Å². The second-order valence-electron chi connectivity index (χ2n) is 6.58. The fourth-order valence-corrected chi connectivity index (χ4v) is 3.97. The van der Waals surface area contributed by atoms with Gasteiger partial charge in [-0.05, 0) is 66.6 Å². The summed E-state index contributed by atoms with van der Waals surface area (Å²) in [6, 6.07) is 16.1. The van der Waals surface area contributed by atoms with Crippen molar-refractivity contribution in [1.82, 2.24) is 0 Å². The number of rotatable bonds is 8. The lowest BCUT2D eigenvalue weighted by molar-refractivity contribution is 0.102. The third-order valence-electron chi connectivity index (χ3n) is 4.45. The van der Waals surface area contributed by atoms with Crippen molar-refractivity contribution in [3.05, 3.63) is 96.3 Å². The number of ether oxygens (including phenoxy) is 1. The number of allylic oxidation sites excluding steroid dienone is 1. The van der Waals surface area contributed by atoms with Gasteiger partial charge in [0.25, 0.3) is 15.9 Å². The van der Waals surface area contributed by atoms with E-state index in [4.69, 9.17) is 4.74 Å². The van der Waals surface area contributed by atoms with Crippen molar-refractivity contribution in [2.45, 2.75) is 11.3 Å². The van der Waals surface area contributed by atoms with Crippen LogP contribution in [-0.4, -0.2) is 21.4 Å². The Morgan fingerprint density at radius 1 is 1.10 bits per heavy atom. The standard InChI is InChI=1S/C23H21FN2O4S/c1-3-6-16-15-17(9-14-22(16)30-2)23(27)25-18-10-12-19(13-11-18)31(28,29)26-21-8-5-4-7-20(21)24/h3-5,7-15,26H,1,6H2,2H3,(H,25,27). The normalized spacial score (nSPS) is 10.9. The first-order valence-electron chi connectivity index (χ1n) is 9.30. The minimum Gasteiger partial charge on any atom is -0.496 e. The van der Waals surface area contributed by atoms with Gasteiger partial charge in [0, 0.05) is 11.3 Å². The lowest BCUT2D eigenvalue weighted by Crippen LogP contribution is -2.15. The number of hydrogen-bond acceptors (Lipinski definition) is 4. The zero-order valence-electron chi connectivity index (χ0n) is 16.8. The van der Waals surface area contributed by atoms with Crippen molar-refractivity contribution in [3.8, 4) is 5.75 Å². The van der Waals surface area contributed by atoms with Crippen LogP contribution in [0.4, 0.5) is 15.8 Å². The Labute approximate surface area is 180 Å². The summed E-state index contributed by atoms with van der Waals surface area (Å²) in [7, 11) is -2.42. The third kappa shape index (κ3) is 5.29. The topological polar surface area (TPSA) is 84.5 Å². The van der Waals surface area contributed by atoms with E-state index in [2.05, 4.69) is 16.6 Å². The van der Waals surface area contributed by atoms with Gasteiger partial charge in [-0.25, -0.2) is 12.8 Å². The summed E-state index contributed by atoms with van der Waals surface area (Å²) >= 11 is 0. The Hall–Kier alpha value is -3.65. The highest BCUT2D eigenvalue weighted by atomic mass is 32.2. The van der Waals surface area contributed by atoms with E-state index in [1.54, 1.807) is 31.4 Å². The van der Waals surface area contributed by atoms with Gasteiger partial charge >= 0.3 is 0 Å². The van der Waals surface area contributed by atoms with E-state index in [1.165, 1.54) is 42.5 Å². The van der Waals surface area contributed by atoms with E-state index < -0.39 is 15.8 Å². The molecule has 0 aromatic heterocycles. The third-order valence-corrected chi connectivity index (χ3v) is 5.83. The molecule has 0 unspecified atom stereocenters.